The molecule has 0 radical (unpaired) electrons. The van der Waals surface area contributed by atoms with Crippen molar-refractivity contribution in [1.82, 2.24) is 10.2 Å². The fourth-order valence-corrected chi connectivity index (χ4v) is 2.22. The van der Waals surface area contributed by atoms with Crippen LogP contribution in [-0.2, 0) is 21.4 Å². The van der Waals surface area contributed by atoms with Crippen LogP contribution in [0.2, 0.25) is 0 Å². The standard InChI is InChI=1S/C14H22N2O5S/c1-4-15-14(17)16(9-10-20-2)11-12-5-7-13(8-6-12)21-22(3,18)19/h5-8H,4,9-11H2,1-3H3,(H,15,17). The first-order chi connectivity index (χ1) is 10.4. The number of benzene rings is 1. The highest BCUT2D eigenvalue weighted by Crippen LogP contribution is 2.15. The summed E-state index contributed by atoms with van der Waals surface area (Å²) in [5, 5.41) is 2.74. The summed E-state index contributed by atoms with van der Waals surface area (Å²) in [7, 11) is -1.96. The number of carbonyl (C=O) groups is 1. The van der Waals surface area contributed by atoms with Gasteiger partial charge in [0.15, 0.2) is 0 Å². The molecule has 22 heavy (non-hydrogen) atoms. The second-order valence-corrected chi connectivity index (χ2v) is 6.26. The predicted molar refractivity (Wildman–Crippen MR) is 83.3 cm³/mol. The van der Waals surface area contributed by atoms with Gasteiger partial charge in [0.05, 0.1) is 12.9 Å². The van der Waals surface area contributed by atoms with E-state index in [4.69, 9.17) is 8.92 Å². The number of nitrogens with zero attached hydrogens (tertiary/aromatic N) is 1. The number of carbonyl (C=O) groups excluding carboxylic acids is 1. The average molecular weight is 330 g/mol. The van der Waals surface area contributed by atoms with Crippen LogP contribution in [0, 0.1) is 0 Å². The summed E-state index contributed by atoms with van der Waals surface area (Å²) in [6.07, 6.45) is 0.989. The summed E-state index contributed by atoms with van der Waals surface area (Å²) in [5.41, 5.74) is 0.864. The SMILES string of the molecule is CCNC(=O)N(CCOC)Cc1ccc(OS(C)(=O)=O)cc1. The molecule has 0 fully saturated rings. The summed E-state index contributed by atoms with van der Waals surface area (Å²) in [5.74, 6) is 0.243. The van der Waals surface area contributed by atoms with Crippen LogP contribution in [0.3, 0.4) is 0 Å². The van der Waals surface area contributed by atoms with Gasteiger partial charge in [-0.25, -0.2) is 4.79 Å². The molecular weight excluding hydrogens is 308 g/mol. The Hall–Kier alpha value is -1.80. The van der Waals surface area contributed by atoms with Crippen molar-refractivity contribution < 1.29 is 22.1 Å². The second-order valence-electron chi connectivity index (χ2n) is 4.68. The zero-order chi connectivity index (χ0) is 16.6. The molecule has 0 atom stereocenters. The van der Waals surface area contributed by atoms with Crippen LogP contribution in [0.4, 0.5) is 4.79 Å². The van der Waals surface area contributed by atoms with Crippen molar-refractivity contribution in [3.63, 3.8) is 0 Å². The first-order valence-electron chi connectivity index (χ1n) is 6.86. The summed E-state index contributed by atoms with van der Waals surface area (Å²) in [6.45, 7) is 3.69. The Balaban J connectivity index is 2.74. The lowest BCUT2D eigenvalue weighted by Gasteiger charge is -2.22. The van der Waals surface area contributed by atoms with Gasteiger partial charge in [-0.3, -0.25) is 0 Å². The van der Waals surface area contributed by atoms with Gasteiger partial charge in [-0.2, -0.15) is 8.42 Å². The lowest BCUT2D eigenvalue weighted by molar-refractivity contribution is 0.147. The first-order valence-corrected chi connectivity index (χ1v) is 8.67. The van der Waals surface area contributed by atoms with E-state index in [-0.39, 0.29) is 11.8 Å². The van der Waals surface area contributed by atoms with E-state index in [1.807, 2.05) is 6.92 Å². The zero-order valence-electron chi connectivity index (χ0n) is 13.0. The van der Waals surface area contributed by atoms with Crippen LogP contribution in [-0.4, -0.2) is 52.4 Å². The molecule has 0 heterocycles. The van der Waals surface area contributed by atoms with Crippen LogP contribution >= 0.6 is 0 Å². The molecule has 0 aliphatic carbocycles. The Bertz CT molecular complexity index is 571. The van der Waals surface area contributed by atoms with Crippen LogP contribution in [0.25, 0.3) is 0 Å². The highest BCUT2D eigenvalue weighted by atomic mass is 32.2. The van der Waals surface area contributed by atoms with Gasteiger partial charge >= 0.3 is 16.1 Å². The van der Waals surface area contributed by atoms with E-state index in [0.29, 0.717) is 26.2 Å². The monoisotopic (exact) mass is 330 g/mol. The van der Waals surface area contributed by atoms with Crippen LogP contribution in [0.15, 0.2) is 24.3 Å². The van der Waals surface area contributed by atoms with E-state index in [9.17, 15) is 13.2 Å². The Morgan fingerprint density at radius 2 is 1.91 bits per heavy atom. The van der Waals surface area contributed by atoms with Gasteiger partial charge in [0, 0.05) is 26.7 Å². The van der Waals surface area contributed by atoms with Crippen molar-refractivity contribution in [2.75, 3.05) is 33.1 Å². The molecule has 0 aliphatic heterocycles. The molecular formula is C14H22N2O5S. The molecule has 1 aromatic rings. The van der Waals surface area contributed by atoms with Gasteiger partial charge in [-0.1, -0.05) is 12.1 Å². The predicted octanol–water partition coefficient (Wildman–Crippen LogP) is 1.20. The highest BCUT2D eigenvalue weighted by molar-refractivity contribution is 7.86. The third-order valence-electron chi connectivity index (χ3n) is 2.72. The molecule has 124 valence electrons. The highest BCUT2D eigenvalue weighted by Gasteiger charge is 2.13. The van der Waals surface area contributed by atoms with Crippen molar-refractivity contribution in [3.8, 4) is 5.75 Å². The topological polar surface area (TPSA) is 84.9 Å². The molecule has 0 saturated carbocycles. The summed E-state index contributed by atoms with van der Waals surface area (Å²) in [6, 6.07) is 6.39. The van der Waals surface area contributed by atoms with Crippen molar-refractivity contribution in [1.29, 1.82) is 0 Å². The maximum Gasteiger partial charge on any atom is 0.317 e. The minimum Gasteiger partial charge on any atom is -0.383 e. The Kier molecular flexibility index (Phi) is 7.13. The zero-order valence-corrected chi connectivity index (χ0v) is 13.9. The molecule has 1 aromatic carbocycles. The van der Waals surface area contributed by atoms with Crippen molar-refractivity contribution >= 4 is 16.1 Å². The number of amides is 2. The fourth-order valence-electron chi connectivity index (χ4n) is 1.76. The number of nitrogens with one attached hydrogen (secondary N) is 1. The van der Waals surface area contributed by atoms with E-state index in [0.717, 1.165) is 11.8 Å². The summed E-state index contributed by atoms with van der Waals surface area (Å²) in [4.78, 5) is 13.6. The third kappa shape index (κ3) is 6.77. The molecule has 1 N–H and O–H groups in total. The quantitative estimate of drug-likeness (QED) is 0.724. The number of ether oxygens (including phenoxy) is 1. The lowest BCUT2D eigenvalue weighted by Crippen LogP contribution is -2.41. The largest absolute Gasteiger partial charge is 0.383 e. The average Bonchev–Trinajstić information content (AvgIpc) is 2.44. The van der Waals surface area contributed by atoms with Gasteiger partial charge in [0.25, 0.3) is 0 Å². The first kappa shape index (κ1) is 18.2. The second kappa shape index (κ2) is 8.60. The van der Waals surface area contributed by atoms with E-state index in [1.165, 1.54) is 0 Å². The molecule has 0 aromatic heterocycles. The van der Waals surface area contributed by atoms with Crippen molar-refractivity contribution in [2.24, 2.45) is 0 Å². The smallest absolute Gasteiger partial charge is 0.317 e. The Morgan fingerprint density at radius 3 is 2.41 bits per heavy atom. The van der Waals surface area contributed by atoms with Gasteiger partial charge in [-0.15, -0.1) is 0 Å². The van der Waals surface area contributed by atoms with Gasteiger partial charge in [0.1, 0.15) is 5.75 Å². The third-order valence-corrected chi connectivity index (χ3v) is 3.22. The Morgan fingerprint density at radius 1 is 1.27 bits per heavy atom. The summed E-state index contributed by atoms with van der Waals surface area (Å²) < 4.78 is 31.9. The molecule has 8 heteroatoms. The number of rotatable bonds is 8. The number of hydrogen-bond acceptors (Lipinski definition) is 5. The molecule has 0 unspecified atom stereocenters. The molecule has 2 amide bonds. The van der Waals surface area contributed by atoms with E-state index in [1.54, 1.807) is 36.3 Å². The van der Waals surface area contributed by atoms with E-state index >= 15 is 0 Å². The maximum absolute atomic E-state index is 12.0. The number of urea groups is 1. The Labute approximate surface area is 131 Å². The molecule has 0 spiro atoms. The van der Waals surface area contributed by atoms with Crippen LogP contribution in [0.5, 0.6) is 5.75 Å². The van der Waals surface area contributed by atoms with Gasteiger partial charge in [-0.05, 0) is 24.6 Å². The van der Waals surface area contributed by atoms with Crippen LogP contribution < -0.4 is 9.50 Å². The van der Waals surface area contributed by atoms with Crippen molar-refractivity contribution in [3.05, 3.63) is 29.8 Å². The van der Waals surface area contributed by atoms with Gasteiger partial charge in [0.2, 0.25) is 0 Å². The maximum atomic E-state index is 12.0. The molecule has 0 bridgehead atoms. The molecule has 0 aliphatic rings. The fraction of sp³-hybridized carbons (Fsp3) is 0.500. The van der Waals surface area contributed by atoms with E-state index < -0.39 is 10.1 Å². The van der Waals surface area contributed by atoms with Gasteiger partial charge < -0.3 is 19.1 Å². The van der Waals surface area contributed by atoms with Crippen molar-refractivity contribution in [2.45, 2.75) is 13.5 Å². The number of hydrogen-bond donors (Lipinski definition) is 1. The molecule has 7 nitrogen and oxygen atoms in total. The van der Waals surface area contributed by atoms with E-state index in [2.05, 4.69) is 5.32 Å². The summed E-state index contributed by atoms with van der Waals surface area (Å²) >= 11 is 0. The molecule has 1 rings (SSSR count). The lowest BCUT2D eigenvalue weighted by atomic mass is 10.2. The molecule has 0 saturated heterocycles. The van der Waals surface area contributed by atoms with Crippen LogP contribution in [0.1, 0.15) is 12.5 Å². The normalized spacial score (nSPS) is 11.0. The minimum atomic E-state index is -3.54. The number of methoxy groups -OCH3 is 1. The minimum absolute atomic E-state index is 0.170.